The zero-order chi connectivity index (χ0) is 24.4. The summed E-state index contributed by atoms with van der Waals surface area (Å²) in [5, 5.41) is 17.1. The average molecular weight is 495 g/mol. The Morgan fingerprint density at radius 1 is 1.21 bits per heavy atom. The molecule has 0 aliphatic rings. The molecule has 10 heteroatoms. The highest BCUT2D eigenvalue weighted by molar-refractivity contribution is 7.80. The number of anilines is 1. The first kappa shape index (κ1) is 23.3. The van der Waals surface area contributed by atoms with Crippen molar-refractivity contribution in [2.24, 2.45) is 0 Å². The highest BCUT2D eigenvalue weighted by atomic mass is 35.5. The zero-order valence-corrected chi connectivity index (χ0v) is 19.8. The van der Waals surface area contributed by atoms with E-state index in [-0.39, 0.29) is 21.9 Å². The van der Waals surface area contributed by atoms with Crippen LogP contribution in [0.5, 0.6) is 0 Å². The van der Waals surface area contributed by atoms with Crippen molar-refractivity contribution in [2.45, 2.75) is 20.3 Å². The van der Waals surface area contributed by atoms with Gasteiger partial charge in [-0.25, -0.2) is 4.98 Å². The van der Waals surface area contributed by atoms with Gasteiger partial charge in [0.25, 0.3) is 11.6 Å². The third-order valence-corrected chi connectivity index (χ3v) is 5.82. The van der Waals surface area contributed by atoms with Crippen LogP contribution in [0.4, 0.5) is 11.4 Å². The SMILES string of the molecule is CCc1ccc2oc(-c3cc(NC(=S)NC(=O)c4cccc([N+](=O)[O-])c4C)ccc3Cl)nc2c1. The molecule has 4 aromatic rings. The van der Waals surface area contributed by atoms with Crippen LogP contribution in [0.1, 0.15) is 28.4 Å². The zero-order valence-electron chi connectivity index (χ0n) is 18.2. The number of benzene rings is 3. The van der Waals surface area contributed by atoms with Crippen LogP contribution in [0.2, 0.25) is 5.02 Å². The van der Waals surface area contributed by atoms with Crippen LogP contribution >= 0.6 is 23.8 Å². The van der Waals surface area contributed by atoms with E-state index in [1.54, 1.807) is 18.2 Å². The van der Waals surface area contributed by atoms with E-state index in [4.69, 9.17) is 28.2 Å². The van der Waals surface area contributed by atoms with E-state index in [2.05, 4.69) is 22.5 Å². The van der Waals surface area contributed by atoms with Crippen molar-refractivity contribution in [3.05, 3.63) is 86.4 Å². The first-order valence-electron chi connectivity index (χ1n) is 10.3. The van der Waals surface area contributed by atoms with E-state index >= 15 is 0 Å². The number of aryl methyl sites for hydroxylation is 1. The Hall–Kier alpha value is -3.82. The van der Waals surface area contributed by atoms with Crippen LogP contribution < -0.4 is 10.6 Å². The number of nitrogens with zero attached hydrogens (tertiary/aromatic N) is 2. The second kappa shape index (κ2) is 9.58. The molecule has 172 valence electrons. The van der Waals surface area contributed by atoms with Crippen molar-refractivity contribution >= 4 is 57.3 Å². The lowest BCUT2D eigenvalue weighted by Crippen LogP contribution is -2.34. The smallest absolute Gasteiger partial charge is 0.273 e. The van der Waals surface area contributed by atoms with Crippen LogP contribution in [-0.2, 0) is 6.42 Å². The van der Waals surface area contributed by atoms with Gasteiger partial charge in [0.15, 0.2) is 10.7 Å². The number of rotatable bonds is 5. The molecule has 0 saturated heterocycles. The summed E-state index contributed by atoms with van der Waals surface area (Å²) in [4.78, 5) is 27.8. The number of oxazole rings is 1. The summed E-state index contributed by atoms with van der Waals surface area (Å²) >= 11 is 11.7. The fraction of sp³-hybridized carbons (Fsp3) is 0.125. The normalized spacial score (nSPS) is 10.8. The third-order valence-electron chi connectivity index (χ3n) is 5.29. The maximum Gasteiger partial charge on any atom is 0.273 e. The number of thiocarbonyl (C=S) groups is 1. The van der Waals surface area contributed by atoms with Gasteiger partial charge in [0.2, 0.25) is 5.89 Å². The molecule has 8 nitrogen and oxygen atoms in total. The van der Waals surface area contributed by atoms with Gasteiger partial charge in [-0.3, -0.25) is 20.2 Å². The molecule has 1 aromatic heterocycles. The van der Waals surface area contributed by atoms with Gasteiger partial charge in [0.05, 0.1) is 15.5 Å². The Kier molecular flexibility index (Phi) is 6.58. The first-order chi connectivity index (χ1) is 16.3. The summed E-state index contributed by atoms with van der Waals surface area (Å²) < 4.78 is 5.88. The Labute approximate surface area is 205 Å². The van der Waals surface area contributed by atoms with Crippen LogP contribution in [0.25, 0.3) is 22.6 Å². The monoisotopic (exact) mass is 494 g/mol. The Morgan fingerprint density at radius 2 is 2.00 bits per heavy atom. The van der Waals surface area contributed by atoms with E-state index in [1.165, 1.54) is 25.1 Å². The second-order valence-corrected chi connectivity index (χ2v) is 8.30. The number of carbonyl (C=O) groups is 1. The molecular weight excluding hydrogens is 476 g/mol. The molecular formula is C24H19ClN4O4S. The minimum atomic E-state index is -0.557. The van der Waals surface area contributed by atoms with Gasteiger partial charge in [-0.15, -0.1) is 0 Å². The summed E-state index contributed by atoms with van der Waals surface area (Å²) in [6.45, 7) is 3.58. The molecule has 0 radical (unpaired) electrons. The van der Waals surface area contributed by atoms with Crippen molar-refractivity contribution < 1.29 is 14.1 Å². The van der Waals surface area contributed by atoms with Gasteiger partial charge in [-0.05, 0) is 67.5 Å². The molecule has 4 rings (SSSR count). The molecule has 1 amide bonds. The van der Waals surface area contributed by atoms with Crippen LogP contribution in [0.3, 0.4) is 0 Å². The molecule has 0 aliphatic carbocycles. The third kappa shape index (κ3) is 4.75. The van der Waals surface area contributed by atoms with Crippen molar-refractivity contribution in [1.82, 2.24) is 10.3 Å². The molecule has 0 spiro atoms. The van der Waals surface area contributed by atoms with Crippen LogP contribution in [0.15, 0.2) is 59.0 Å². The lowest BCUT2D eigenvalue weighted by Gasteiger charge is -2.12. The van der Waals surface area contributed by atoms with Crippen LogP contribution in [-0.4, -0.2) is 20.9 Å². The number of halogens is 1. The lowest BCUT2D eigenvalue weighted by atomic mass is 10.1. The number of fused-ring (bicyclic) bond motifs is 1. The van der Waals surface area contributed by atoms with E-state index in [0.717, 1.165) is 17.5 Å². The van der Waals surface area contributed by atoms with E-state index in [0.29, 0.717) is 27.7 Å². The maximum absolute atomic E-state index is 12.6. The standard InChI is InChI=1S/C24H19ClN4O4S/c1-3-14-7-10-21-19(11-14)27-23(33-21)17-12-15(8-9-18(17)25)26-24(34)28-22(30)16-5-4-6-20(13(16)2)29(31)32/h4-12H,3H2,1-2H3,(H2,26,28,30,34). The molecule has 2 N–H and O–H groups in total. The van der Waals surface area contributed by atoms with Crippen LogP contribution in [0, 0.1) is 17.0 Å². The molecule has 34 heavy (non-hydrogen) atoms. The molecule has 0 unspecified atom stereocenters. The molecule has 1 heterocycles. The van der Waals surface area contributed by atoms with Crippen molar-refractivity contribution in [3.63, 3.8) is 0 Å². The van der Waals surface area contributed by atoms with E-state index in [1.807, 2.05) is 18.2 Å². The fourth-order valence-electron chi connectivity index (χ4n) is 3.48. The van der Waals surface area contributed by atoms with Gasteiger partial charge in [-0.2, -0.15) is 0 Å². The topological polar surface area (TPSA) is 110 Å². The van der Waals surface area contributed by atoms with Gasteiger partial charge >= 0.3 is 0 Å². The Morgan fingerprint density at radius 3 is 2.74 bits per heavy atom. The number of amides is 1. The largest absolute Gasteiger partial charge is 0.436 e. The number of aromatic nitrogens is 1. The first-order valence-corrected chi connectivity index (χ1v) is 11.1. The van der Waals surface area contributed by atoms with E-state index < -0.39 is 10.8 Å². The van der Waals surface area contributed by atoms with Crippen molar-refractivity contribution in [2.75, 3.05) is 5.32 Å². The van der Waals surface area contributed by atoms with Gasteiger partial charge in [0.1, 0.15) is 5.52 Å². The quantitative estimate of drug-likeness (QED) is 0.197. The molecule has 0 saturated carbocycles. The summed E-state index contributed by atoms with van der Waals surface area (Å²) in [5.41, 5.74) is 3.92. The minimum Gasteiger partial charge on any atom is -0.436 e. The number of carbonyl (C=O) groups excluding carboxylic acids is 1. The summed E-state index contributed by atoms with van der Waals surface area (Å²) in [7, 11) is 0. The van der Waals surface area contributed by atoms with Crippen molar-refractivity contribution in [3.8, 4) is 11.5 Å². The highest BCUT2D eigenvalue weighted by Crippen LogP contribution is 2.32. The molecule has 0 aliphatic heterocycles. The molecule has 0 atom stereocenters. The fourth-order valence-corrected chi connectivity index (χ4v) is 3.88. The summed E-state index contributed by atoms with van der Waals surface area (Å²) in [5.74, 6) is -0.197. The number of hydrogen-bond donors (Lipinski definition) is 2. The van der Waals surface area contributed by atoms with Gasteiger partial charge in [0, 0.05) is 22.9 Å². The van der Waals surface area contributed by atoms with Gasteiger partial charge < -0.3 is 9.73 Å². The number of nitro groups is 1. The van der Waals surface area contributed by atoms with Gasteiger partial charge in [-0.1, -0.05) is 30.7 Å². The number of nitro benzene ring substituents is 1. The molecule has 0 bridgehead atoms. The average Bonchev–Trinajstić information content (AvgIpc) is 3.23. The number of nitrogens with one attached hydrogen (secondary N) is 2. The Bertz CT molecular complexity index is 1450. The predicted molar refractivity (Wildman–Crippen MR) is 135 cm³/mol. The molecule has 3 aromatic carbocycles. The number of hydrogen-bond acceptors (Lipinski definition) is 6. The predicted octanol–water partition coefficient (Wildman–Crippen LogP) is 6.05. The molecule has 0 fully saturated rings. The summed E-state index contributed by atoms with van der Waals surface area (Å²) in [6.07, 6.45) is 0.886. The maximum atomic E-state index is 12.6. The summed E-state index contributed by atoms with van der Waals surface area (Å²) in [6, 6.07) is 15.2. The highest BCUT2D eigenvalue weighted by Gasteiger charge is 2.19. The lowest BCUT2D eigenvalue weighted by molar-refractivity contribution is -0.385. The Balaban J connectivity index is 1.54. The minimum absolute atomic E-state index is 0.0225. The van der Waals surface area contributed by atoms with Crippen molar-refractivity contribution in [1.29, 1.82) is 0 Å². The second-order valence-electron chi connectivity index (χ2n) is 7.48. The van der Waals surface area contributed by atoms with E-state index in [9.17, 15) is 14.9 Å².